The minimum atomic E-state index is -1.11. The maximum atomic E-state index is 11.7. The van der Waals surface area contributed by atoms with E-state index in [1.165, 1.54) is 6.07 Å². The van der Waals surface area contributed by atoms with Gasteiger partial charge in [-0.15, -0.1) is 11.8 Å². The van der Waals surface area contributed by atoms with E-state index >= 15 is 0 Å². The van der Waals surface area contributed by atoms with Gasteiger partial charge in [0.15, 0.2) is 0 Å². The lowest BCUT2D eigenvalue weighted by Gasteiger charge is -2.21. The molecule has 7 heteroatoms. The lowest BCUT2D eigenvalue weighted by atomic mass is 10.2. The van der Waals surface area contributed by atoms with Gasteiger partial charge in [-0.3, -0.25) is 4.79 Å². The van der Waals surface area contributed by atoms with Gasteiger partial charge < -0.3 is 20.2 Å². The van der Waals surface area contributed by atoms with Gasteiger partial charge in [0.1, 0.15) is 5.76 Å². The number of rotatable bonds is 6. The van der Waals surface area contributed by atoms with Crippen molar-refractivity contribution in [1.82, 2.24) is 10.6 Å². The van der Waals surface area contributed by atoms with E-state index in [1.54, 1.807) is 17.8 Å². The Morgan fingerprint density at radius 2 is 2.15 bits per heavy atom. The molecule has 1 saturated heterocycles. The Kier molecular flexibility index (Phi) is 5.49. The molecule has 20 heavy (non-hydrogen) atoms. The van der Waals surface area contributed by atoms with Gasteiger partial charge in [-0.1, -0.05) is 0 Å². The highest BCUT2D eigenvalue weighted by Crippen LogP contribution is 2.19. The molecule has 1 aliphatic heterocycles. The smallest absolute Gasteiger partial charge is 0.371 e. The number of hydrogen-bond acceptors (Lipinski definition) is 5. The zero-order valence-corrected chi connectivity index (χ0v) is 11.9. The predicted molar refractivity (Wildman–Crippen MR) is 75.9 cm³/mol. The van der Waals surface area contributed by atoms with Crippen molar-refractivity contribution in [2.45, 2.75) is 24.6 Å². The lowest BCUT2D eigenvalue weighted by Crippen LogP contribution is -2.31. The molecule has 3 N–H and O–H groups in total. The van der Waals surface area contributed by atoms with E-state index < -0.39 is 5.97 Å². The first kappa shape index (κ1) is 14.9. The molecule has 0 saturated carbocycles. The third-order valence-corrected chi connectivity index (χ3v) is 4.44. The number of carbonyl (C=O) groups excluding carboxylic acids is 1. The molecule has 0 spiro atoms. The van der Waals surface area contributed by atoms with Crippen LogP contribution in [0.15, 0.2) is 16.5 Å². The number of hydrogen-bond donors (Lipinski definition) is 3. The van der Waals surface area contributed by atoms with Crippen LogP contribution in [0.2, 0.25) is 0 Å². The SMILES string of the molecule is O=C(CSC1CCNCC1)NCc1ccc(C(=O)O)o1. The summed E-state index contributed by atoms with van der Waals surface area (Å²) in [5.41, 5.74) is 0. The molecule has 110 valence electrons. The fourth-order valence-corrected chi connectivity index (χ4v) is 3.04. The molecule has 1 fully saturated rings. The summed E-state index contributed by atoms with van der Waals surface area (Å²) in [6, 6.07) is 2.94. The first-order valence-corrected chi connectivity index (χ1v) is 7.61. The van der Waals surface area contributed by atoms with Gasteiger partial charge in [-0.05, 0) is 38.1 Å². The van der Waals surface area contributed by atoms with Gasteiger partial charge in [0.25, 0.3) is 0 Å². The number of piperidine rings is 1. The van der Waals surface area contributed by atoms with Gasteiger partial charge >= 0.3 is 5.97 Å². The van der Waals surface area contributed by atoms with E-state index in [9.17, 15) is 9.59 Å². The molecule has 0 bridgehead atoms. The van der Waals surface area contributed by atoms with Crippen LogP contribution in [0.25, 0.3) is 0 Å². The summed E-state index contributed by atoms with van der Waals surface area (Å²) in [6.45, 7) is 2.26. The van der Waals surface area contributed by atoms with Crippen molar-refractivity contribution in [3.8, 4) is 0 Å². The molecule has 0 unspecified atom stereocenters. The maximum Gasteiger partial charge on any atom is 0.371 e. The van der Waals surface area contributed by atoms with Gasteiger partial charge in [-0.25, -0.2) is 4.79 Å². The second kappa shape index (κ2) is 7.35. The van der Waals surface area contributed by atoms with Crippen LogP contribution in [0.5, 0.6) is 0 Å². The van der Waals surface area contributed by atoms with E-state index in [1.807, 2.05) is 0 Å². The quantitative estimate of drug-likeness (QED) is 0.728. The second-order valence-corrected chi connectivity index (χ2v) is 5.90. The molecule has 2 heterocycles. The zero-order chi connectivity index (χ0) is 14.4. The molecule has 1 amide bonds. The van der Waals surface area contributed by atoms with E-state index in [-0.39, 0.29) is 18.2 Å². The summed E-state index contributed by atoms with van der Waals surface area (Å²) in [7, 11) is 0. The highest BCUT2D eigenvalue weighted by Gasteiger charge is 2.15. The summed E-state index contributed by atoms with van der Waals surface area (Å²) in [4.78, 5) is 22.3. The molecule has 1 aromatic rings. The number of nitrogens with one attached hydrogen (secondary N) is 2. The summed E-state index contributed by atoms with van der Waals surface area (Å²) < 4.78 is 5.06. The lowest BCUT2D eigenvalue weighted by molar-refractivity contribution is -0.118. The Labute approximate surface area is 121 Å². The molecule has 1 aliphatic rings. The largest absolute Gasteiger partial charge is 0.475 e. The highest BCUT2D eigenvalue weighted by atomic mass is 32.2. The minimum Gasteiger partial charge on any atom is -0.475 e. The topological polar surface area (TPSA) is 91.6 Å². The van der Waals surface area contributed by atoms with Gasteiger partial charge in [-0.2, -0.15) is 0 Å². The first-order valence-electron chi connectivity index (χ1n) is 6.56. The van der Waals surface area contributed by atoms with Crippen LogP contribution in [0.1, 0.15) is 29.2 Å². The molecular weight excluding hydrogens is 280 g/mol. The molecular formula is C13H18N2O4S. The Morgan fingerprint density at radius 3 is 2.80 bits per heavy atom. The number of carboxylic acids is 1. The van der Waals surface area contributed by atoms with Crippen molar-refractivity contribution >= 4 is 23.6 Å². The van der Waals surface area contributed by atoms with Crippen LogP contribution < -0.4 is 10.6 Å². The Bertz CT molecular complexity index is 469. The summed E-state index contributed by atoms with van der Waals surface area (Å²) in [5.74, 6) is -0.399. The molecule has 0 atom stereocenters. The number of aromatic carboxylic acids is 1. The van der Waals surface area contributed by atoms with Crippen molar-refractivity contribution < 1.29 is 19.1 Å². The molecule has 1 aromatic heterocycles. The van der Waals surface area contributed by atoms with Crippen molar-refractivity contribution in [2.75, 3.05) is 18.8 Å². The number of carboxylic acid groups (broad SMARTS) is 1. The Morgan fingerprint density at radius 1 is 1.40 bits per heavy atom. The normalized spacial score (nSPS) is 16.0. The fraction of sp³-hybridized carbons (Fsp3) is 0.538. The van der Waals surface area contributed by atoms with Crippen LogP contribution in [-0.2, 0) is 11.3 Å². The third kappa shape index (κ3) is 4.57. The maximum absolute atomic E-state index is 11.7. The van der Waals surface area contributed by atoms with Crippen molar-refractivity contribution in [1.29, 1.82) is 0 Å². The van der Waals surface area contributed by atoms with Crippen LogP contribution in [-0.4, -0.2) is 41.1 Å². The van der Waals surface area contributed by atoms with Crippen molar-refractivity contribution in [2.24, 2.45) is 0 Å². The molecule has 0 radical (unpaired) electrons. The van der Waals surface area contributed by atoms with E-state index in [4.69, 9.17) is 9.52 Å². The fourth-order valence-electron chi connectivity index (χ4n) is 1.98. The average Bonchev–Trinajstić information content (AvgIpc) is 2.93. The minimum absolute atomic E-state index is 0.0539. The molecule has 6 nitrogen and oxygen atoms in total. The van der Waals surface area contributed by atoms with E-state index in [0.29, 0.717) is 16.8 Å². The standard InChI is InChI=1S/C13H18N2O4S/c16-12(8-20-10-3-5-14-6-4-10)15-7-9-1-2-11(19-9)13(17)18/h1-2,10,14H,3-8H2,(H,15,16)(H,17,18). The van der Waals surface area contributed by atoms with Crippen molar-refractivity contribution in [3.63, 3.8) is 0 Å². The average molecular weight is 298 g/mol. The first-order chi connectivity index (χ1) is 9.65. The molecule has 0 aromatic carbocycles. The van der Waals surface area contributed by atoms with Gasteiger partial charge in [0.2, 0.25) is 11.7 Å². The van der Waals surface area contributed by atoms with Crippen molar-refractivity contribution in [3.05, 3.63) is 23.7 Å². The van der Waals surface area contributed by atoms with E-state index in [0.717, 1.165) is 25.9 Å². The van der Waals surface area contributed by atoms with Gasteiger partial charge in [0.05, 0.1) is 12.3 Å². The number of furan rings is 1. The highest BCUT2D eigenvalue weighted by molar-refractivity contribution is 8.00. The van der Waals surface area contributed by atoms with Crippen LogP contribution in [0.4, 0.5) is 0 Å². The van der Waals surface area contributed by atoms with Crippen LogP contribution >= 0.6 is 11.8 Å². The Balaban J connectivity index is 1.67. The number of amides is 1. The monoisotopic (exact) mass is 298 g/mol. The van der Waals surface area contributed by atoms with Crippen LogP contribution in [0, 0.1) is 0 Å². The van der Waals surface area contributed by atoms with Gasteiger partial charge in [0, 0.05) is 5.25 Å². The summed E-state index contributed by atoms with van der Waals surface area (Å²) in [6.07, 6.45) is 2.19. The number of thioether (sulfide) groups is 1. The summed E-state index contributed by atoms with van der Waals surface area (Å²) in [5, 5.41) is 15.3. The second-order valence-electron chi connectivity index (χ2n) is 4.61. The third-order valence-electron chi connectivity index (χ3n) is 3.07. The molecule has 2 rings (SSSR count). The molecule has 0 aliphatic carbocycles. The summed E-state index contributed by atoms with van der Waals surface area (Å²) >= 11 is 1.67. The predicted octanol–water partition coefficient (Wildman–Crippen LogP) is 1.08. The van der Waals surface area contributed by atoms with E-state index in [2.05, 4.69) is 10.6 Å². The zero-order valence-electron chi connectivity index (χ0n) is 11.1. The number of carbonyl (C=O) groups is 2. The van der Waals surface area contributed by atoms with Crippen LogP contribution in [0.3, 0.4) is 0 Å². The Hall–Kier alpha value is -1.47.